The molecule has 128 valence electrons. The zero-order valence-electron chi connectivity index (χ0n) is 14.7. The summed E-state index contributed by atoms with van der Waals surface area (Å²) in [6.45, 7) is 0. The summed E-state index contributed by atoms with van der Waals surface area (Å²) in [5, 5.41) is 3.45. The lowest BCUT2D eigenvalue weighted by Crippen LogP contribution is -2.10. The van der Waals surface area contributed by atoms with Crippen molar-refractivity contribution in [1.29, 1.82) is 0 Å². The molecule has 0 aliphatic carbocycles. The van der Waals surface area contributed by atoms with E-state index in [1.54, 1.807) is 4.57 Å². The van der Waals surface area contributed by atoms with Crippen molar-refractivity contribution >= 4 is 27.6 Å². The van der Waals surface area contributed by atoms with Gasteiger partial charge in [0.1, 0.15) is 0 Å². The topological polar surface area (TPSA) is 22.0 Å². The van der Waals surface area contributed by atoms with Crippen molar-refractivity contribution in [1.82, 2.24) is 4.57 Å². The van der Waals surface area contributed by atoms with Gasteiger partial charge in [0.25, 0.3) is 5.91 Å². The van der Waals surface area contributed by atoms with E-state index in [0.29, 0.717) is 5.56 Å². The minimum Gasteiger partial charge on any atom is -0.283 e. The van der Waals surface area contributed by atoms with E-state index in [0.717, 1.165) is 27.4 Å². The van der Waals surface area contributed by atoms with Gasteiger partial charge in [-0.05, 0) is 34.5 Å². The lowest BCUT2D eigenvalue weighted by atomic mass is 9.99. The van der Waals surface area contributed by atoms with Gasteiger partial charge < -0.3 is 0 Å². The summed E-state index contributed by atoms with van der Waals surface area (Å²) in [5.74, 6) is -0.0157. The van der Waals surface area contributed by atoms with Crippen molar-refractivity contribution in [2.45, 2.75) is 0 Å². The Bertz CT molecular complexity index is 1270. The van der Waals surface area contributed by atoms with Crippen LogP contribution in [0.2, 0.25) is 0 Å². The third-order valence-electron chi connectivity index (χ3n) is 5.02. The summed E-state index contributed by atoms with van der Waals surface area (Å²) in [4.78, 5) is 13.2. The van der Waals surface area contributed by atoms with Gasteiger partial charge >= 0.3 is 0 Å². The van der Waals surface area contributed by atoms with Gasteiger partial charge in [-0.2, -0.15) is 0 Å². The summed E-state index contributed by atoms with van der Waals surface area (Å²) in [5.41, 5.74) is 3.80. The predicted octanol–water partition coefficient (Wildman–Crippen LogP) is 6.15. The van der Waals surface area contributed by atoms with Gasteiger partial charge in [0.15, 0.2) is 0 Å². The fourth-order valence-corrected chi connectivity index (χ4v) is 3.73. The van der Waals surface area contributed by atoms with Crippen molar-refractivity contribution in [3.05, 3.63) is 109 Å². The molecule has 0 aliphatic heterocycles. The van der Waals surface area contributed by atoms with E-state index in [1.807, 2.05) is 72.9 Å². The molecule has 0 N–H and O–H groups in total. The molecule has 0 atom stereocenters. The summed E-state index contributed by atoms with van der Waals surface area (Å²) >= 11 is 0. The van der Waals surface area contributed by atoms with Gasteiger partial charge in [-0.15, -0.1) is 0 Å². The van der Waals surface area contributed by atoms with Crippen molar-refractivity contribution in [3.8, 4) is 11.1 Å². The van der Waals surface area contributed by atoms with E-state index in [2.05, 4.69) is 30.3 Å². The highest BCUT2D eigenvalue weighted by Crippen LogP contribution is 2.36. The fourth-order valence-electron chi connectivity index (χ4n) is 3.73. The van der Waals surface area contributed by atoms with E-state index in [4.69, 9.17) is 0 Å². The van der Waals surface area contributed by atoms with E-state index in [9.17, 15) is 4.79 Å². The van der Waals surface area contributed by atoms with Crippen LogP contribution in [0.4, 0.5) is 0 Å². The summed E-state index contributed by atoms with van der Waals surface area (Å²) < 4.78 is 1.78. The number of rotatable bonds is 2. The molecule has 0 aliphatic rings. The van der Waals surface area contributed by atoms with Gasteiger partial charge in [0.05, 0.1) is 5.52 Å². The highest BCUT2D eigenvalue weighted by atomic mass is 16.2. The molecule has 2 nitrogen and oxygen atoms in total. The van der Waals surface area contributed by atoms with Crippen LogP contribution in [0.25, 0.3) is 32.8 Å². The molecule has 0 saturated heterocycles. The molecule has 0 unspecified atom stereocenters. The second-order valence-electron chi connectivity index (χ2n) is 6.63. The number of benzene rings is 4. The molecule has 2 heteroatoms. The molecule has 0 amide bonds. The Hall–Kier alpha value is -3.65. The number of carbonyl (C=O) groups excluding carboxylic acids is 1. The van der Waals surface area contributed by atoms with Crippen LogP contribution in [0.5, 0.6) is 0 Å². The fraction of sp³-hybridized carbons (Fsp3) is 0. The maximum atomic E-state index is 13.2. The summed E-state index contributed by atoms with van der Waals surface area (Å²) in [6.07, 6.45) is 1.97. The Morgan fingerprint density at radius 3 is 2.11 bits per heavy atom. The number of hydrogen-bond acceptors (Lipinski definition) is 1. The second kappa shape index (κ2) is 6.26. The van der Waals surface area contributed by atoms with Crippen LogP contribution in [0, 0.1) is 0 Å². The minimum absolute atomic E-state index is 0.0157. The lowest BCUT2D eigenvalue weighted by molar-refractivity contribution is 0.0965. The average molecular weight is 347 g/mol. The van der Waals surface area contributed by atoms with Crippen LogP contribution in [-0.4, -0.2) is 10.5 Å². The van der Waals surface area contributed by atoms with Crippen LogP contribution in [0.3, 0.4) is 0 Å². The molecule has 0 saturated carbocycles. The third kappa shape index (κ3) is 2.54. The minimum atomic E-state index is -0.0157. The summed E-state index contributed by atoms with van der Waals surface area (Å²) in [6, 6.07) is 32.1. The smallest absolute Gasteiger partial charge is 0.262 e. The van der Waals surface area contributed by atoms with Crippen LogP contribution in [-0.2, 0) is 0 Å². The first-order valence-electron chi connectivity index (χ1n) is 9.01. The van der Waals surface area contributed by atoms with Crippen LogP contribution in [0.1, 0.15) is 10.4 Å². The van der Waals surface area contributed by atoms with Gasteiger partial charge in [0, 0.05) is 22.7 Å². The largest absolute Gasteiger partial charge is 0.283 e. The summed E-state index contributed by atoms with van der Waals surface area (Å²) in [7, 11) is 0. The Balaban J connectivity index is 1.86. The molecule has 5 rings (SSSR count). The second-order valence-corrected chi connectivity index (χ2v) is 6.63. The molecule has 4 aromatic carbocycles. The highest BCUT2D eigenvalue weighted by molar-refractivity contribution is 6.17. The SMILES string of the molecule is O=C(c1ccccc1)n1cc(-c2ccccc2)c2c3ccccc3ccc21. The standard InChI is InChI=1S/C25H17NO/c27-25(20-12-5-2-6-13-20)26-17-22(18-9-3-1-4-10-18)24-21-14-8-7-11-19(21)15-16-23(24)26/h1-17H. The van der Waals surface area contributed by atoms with Crippen molar-refractivity contribution in [3.63, 3.8) is 0 Å². The maximum Gasteiger partial charge on any atom is 0.262 e. The van der Waals surface area contributed by atoms with Gasteiger partial charge in [-0.25, -0.2) is 0 Å². The average Bonchev–Trinajstić information content (AvgIpc) is 3.15. The monoisotopic (exact) mass is 347 g/mol. The van der Waals surface area contributed by atoms with Crippen molar-refractivity contribution in [2.24, 2.45) is 0 Å². The van der Waals surface area contributed by atoms with E-state index in [-0.39, 0.29) is 5.91 Å². The Morgan fingerprint density at radius 1 is 0.667 bits per heavy atom. The molecule has 0 fully saturated rings. The molecule has 27 heavy (non-hydrogen) atoms. The molecule has 1 aromatic heterocycles. The normalized spacial score (nSPS) is 11.1. The third-order valence-corrected chi connectivity index (χ3v) is 5.02. The van der Waals surface area contributed by atoms with E-state index in [1.165, 1.54) is 5.39 Å². The lowest BCUT2D eigenvalue weighted by Gasteiger charge is -2.06. The number of nitrogens with zero attached hydrogens (tertiary/aromatic N) is 1. The van der Waals surface area contributed by atoms with Crippen molar-refractivity contribution < 1.29 is 4.79 Å². The van der Waals surface area contributed by atoms with Crippen LogP contribution < -0.4 is 0 Å². The zero-order valence-corrected chi connectivity index (χ0v) is 14.7. The number of carbonyl (C=O) groups is 1. The van der Waals surface area contributed by atoms with Gasteiger partial charge in [0.2, 0.25) is 0 Å². The zero-order chi connectivity index (χ0) is 18.2. The molecular formula is C25H17NO. The predicted molar refractivity (Wildman–Crippen MR) is 111 cm³/mol. The Kier molecular flexibility index (Phi) is 3.61. The maximum absolute atomic E-state index is 13.2. The van der Waals surface area contributed by atoms with Crippen LogP contribution in [0.15, 0.2) is 103 Å². The quantitative estimate of drug-likeness (QED) is 0.375. The Morgan fingerprint density at radius 2 is 1.33 bits per heavy atom. The highest BCUT2D eigenvalue weighted by Gasteiger charge is 2.17. The molecule has 0 radical (unpaired) electrons. The molecule has 0 spiro atoms. The molecule has 0 bridgehead atoms. The molecule has 1 heterocycles. The Labute approximate surface area is 157 Å². The first-order chi connectivity index (χ1) is 13.3. The first kappa shape index (κ1) is 15.6. The number of hydrogen-bond donors (Lipinski definition) is 0. The van der Waals surface area contributed by atoms with E-state index < -0.39 is 0 Å². The van der Waals surface area contributed by atoms with Gasteiger partial charge in [-0.1, -0.05) is 78.9 Å². The van der Waals surface area contributed by atoms with Crippen LogP contribution >= 0.6 is 0 Å². The molecular weight excluding hydrogens is 330 g/mol. The van der Waals surface area contributed by atoms with Gasteiger partial charge in [-0.3, -0.25) is 9.36 Å². The number of aromatic nitrogens is 1. The van der Waals surface area contributed by atoms with Crippen molar-refractivity contribution in [2.75, 3.05) is 0 Å². The number of fused-ring (bicyclic) bond motifs is 3. The van der Waals surface area contributed by atoms with E-state index >= 15 is 0 Å². The molecule has 5 aromatic rings. The first-order valence-corrected chi connectivity index (χ1v) is 9.01.